The minimum absolute atomic E-state index is 0.275. The van der Waals surface area contributed by atoms with Crippen LogP contribution in [0, 0.1) is 6.92 Å². The van der Waals surface area contributed by atoms with Gasteiger partial charge in [0.25, 0.3) is 10.0 Å². The molecule has 0 aromatic heterocycles. The lowest BCUT2D eigenvalue weighted by atomic mass is 10.1. The first kappa shape index (κ1) is 12.1. The first-order valence-electron chi connectivity index (χ1n) is 5.24. The van der Waals surface area contributed by atoms with Gasteiger partial charge in [-0.2, -0.15) is 8.42 Å². The molecule has 92 valence electrons. The number of amidine groups is 1. The Hall–Kier alpha value is -1.40. The Morgan fingerprint density at radius 1 is 1.41 bits per heavy atom. The zero-order chi connectivity index (χ0) is 12.5. The van der Waals surface area contributed by atoms with Crippen LogP contribution in [-0.2, 0) is 14.8 Å². The number of methoxy groups -OCH3 is 1. The van der Waals surface area contributed by atoms with E-state index in [1.807, 2.05) is 13.0 Å². The van der Waals surface area contributed by atoms with Crippen molar-refractivity contribution in [3.8, 4) is 0 Å². The molecule has 0 amide bonds. The molecule has 1 heterocycles. The molecular weight excluding hydrogens is 240 g/mol. The highest BCUT2D eigenvalue weighted by atomic mass is 32.2. The van der Waals surface area contributed by atoms with Gasteiger partial charge in [0.1, 0.15) is 10.7 Å². The number of nitrogens with one attached hydrogen (secondary N) is 1. The maximum absolute atomic E-state index is 11.8. The van der Waals surface area contributed by atoms with Gasteiger partial charge in [0.15, 0.2) is 0 Å². The van der Waals surface area contributed by atoms with Crippen LogP contribution < -0.4 is 5.32 Å². The largest absolute Gasteiger partial charge is 0.383 e. The summed E-state index contributed by atoms with van der Waals surface area (Å²) in [6.45, 7) is 2.89. The molecule has 1 aliphatic heterocycles. The zero-order valence-corrected chi connectivity index (χ0v) is 10.5. The summed E-state index contributed by atoms with van der Waals surface area (Å²) in [6.07, 6.45) is 0. The highest BCUT2D eigenvalue weighted by molar-refractivity contribution is 7.90. The lowest BCUT2D eigenvalue weighted by Gasteiger charge is -2.07. The average molecular weight is 254 g/mol. The summed E-state index contributed by atoms with van der Waals surface area (Å²) in [6, 6.07) is 5.17. The van der Waals surface area contributed by atoms with Crippen molar-refractivity contribution >= 4 is 15.9 Å². The van der Waals surface area contributed by atoms with Crippen LogP contribution >= 0.6 is 0 Å². The van der Waals surface area contributed by atoms with E-state index in [2.05, 4.69) is 9.71 Å². The molecule has 6 heteroatoms. The van der Waals surface area contributed by atoms with Crippen molar-refractivity contribution in [2.45, 2.75) is 11.8 Å². The van der Waals surface area contributed by atoms with E-state index in [1.165, 1.54) is 0 Å². The van der Waals surface area contributed by atoms with Gasteiger partial charge in [-0.15, -0.1) is 4.40 Å². The van der Waals surface area contributed by atoms with Gasteiger partial charge in [0.2, 0.25) is 0 Å². The fourth-order valence-electron chi connectivity index (χ4n) is 1.77. The summed E-state index contributed by atoms with van der Waals surface area (Å²) in [5.41, 5.74) is 1.57. The molecule has 0 bridgehead atoms. The van der Waals surface area contributed by atoms with Gasteiger partial charge >= 0.3 is 0 Å². The van der Waals surface area contributed by atoms with Gasteiger partial charge < -0.3 is 10.1 Å². The molecule has 17 heavy (non-hydrogen) atoms. The third-order valence-corrected chi connectivity index (χ3v) is 3.88. The van der Waals surface area contributed by atoms with Gasteiger partial charge in [0, 0.05) is 19.2 Å². The maximum Gasteiger partial charge on any atom is 0.285 e. The number of sulfonamides is 1. The molecule has 0 radical (unpaired) electrons. The van der Waals surface area contributed by atoms with Crippen molar-refractivity contribution in [3.05, 3.63) is 29.3 Å². The van der Waals surface area contributed by atoms with E-state index < -0.39 is 10.0 Å². The molecule has 0 fully saturated rings. The molecule has 1 N–H and O–H groups in total. The molecule has 0 unspecified atom stereocenters. The fourth-order valence-corrected chi connectivity index (χ4v) is 3.03. The summed E-state index contributed by atoms with van der Waals surface area (Å²) in [7, 11) is -1.94. The van der Waals surface area contributed by atoms with E-state index >= 15 is 0 Å². The molecule has 1 aromatic carbocycles. The Bertz CT molecular complexity index is 564. The molecule has 1 aliphatic rings. The van der Waals surface area contributed by atoms with Crippen LogP contribution in [-0.4, -0.2) is 34.5 Å². The Morgan fingerprint density at radius 2 is 2.18 bits per heavy atom. The van der Waals surface area contributed by atoms with Crippen molar-refractivity contribution in [1.29, 1.82) is 0 Å². The standard InChI is InChI=1S/C11H14N2O3S/c1-8-4-3-5-9-10(8)11(12-6-7-16-2)13-17(9,14)15/h3-5H,6-7H2,1-2H3,(H,12,13). The molecular formula is C11H14N2O3S. The Labute approximate surface area is 101 Å². The third kappa shape index (κ3) is 2.18. The second-order valence-corrected chi connectivity index (χ2v) is 5.36. The lowest BCUT2D eigenvalue weighted by molar-refractivity contribution is 0.204. The van der Waals surface area contributed by atoms with Crippen molar-refractivity contribution in [2.75, 3.05) is 20.3 Å². The first-order valence-corrected chi connectivity index (χ1v) is 6.68. The minimum Gasteiger partial charge on any atom is -0.383 e. The second kappa shape index (κ2) is 4.46. The number of rotatable bonds is 3. The van der Waals surface area contributed by atoms with Gasteiger partial charge in [-0.25, -0.2) is 0 Å². The normalized spacial score (nSPS) is 16.5. The molecule has 0 spiro atoms. The van der Waals surface area contributed by atoms with Crippen molar-refractivity contribution in [3.63, 3.8) is 0 Å². The summed E-state index contributed by atoms with van der Waals surface area (Å²) < 4.78 is 32.2. The van der Waals surface area contributed by atoms with E-state index in [0.29, 0.717) is 24.6 Å². The number of fused-ring (bicyclic) bond motifs is 1. The van der Waals surface area contributed by atoms with Crippen molar-refractivity contribution in [2.24, 2.45) is 4.40 Å². The SMILES string of the molecule is COCCNC1=NS(=O)(=O)c2cccc(C)c21. The summed E-state index contributed by atoms with van der Waals surface area (Å²) in [5.74, 6) is 0.412. The molecule has 5 nitrogen and oxygen atoms in total. The topological polar surface area (TPSA) is 67.8 Å². The van der Waals surface area contributed by atoms with Crippen LogP contribution in [0.2, 0.25) is 0 Å². The van der Waals surface area contributed by atoms with Gasteiger partial charge in [-0.05, 0) is 18.6 Å². The fraction of sp³-hybridized carbons (Fsp3) is 0.364. The number of nitrogens with zero attached hydrogens (tertiary/aromatic N) is 1. The van der Waals surface area contributed by atoms with Crippen LogP contribution in [0.25, 0.3) is 0 Å². The predicted molar refractivity (Wildman–Crippen MR) is 64.8 cm³/mol. The van der Waals surface area contributed by atoms with Crippen LogP contribution in [0.3, 0.4) is 0 Å². The van der Waals surface area contributed by atoms with Crippen LogP contribution in [0.1, 0.15) is 11.1 Å². The van der Waals surface area contributed by atoms with Crippen molar-refractivity contribution < 1.29 is 13.2 Å². The quantitative estimate of drug-likeness (QED) is 0.805. The first-order chi connectivity index (χ1) is 8.06. The molecule has 1 aromatic rings. The number of benzene rings is 1. The van der Waals surface area contributed by atoms with Crippen LogP contribution in [0.5, 0.6) is 0 Å². The molecule has 0 aliphatic carbocycles. The number of ether oxygens (including phenoxy) is 1. The Morgan fingerprint density at radius 3 is 2.88 bits per heavy atom. The smallest absolute Gasteiger partial charge is 0.285 e. The number of hydrogen-bond acceptors (Lipinski definition) is 4. The van der Waals surface area contributed by atoms with Gasteiger partial charge in [-0.3, -0.25) is 0 Å². The Balaban J connectivity index is 2.38. The van der Waals surface area contributed by atoms with E-state index in [0.717, 1.165) is 5.56 Å². The van der Waals surface area contributed by atoms with E-state index in [4.69, 9.17) is 4.74 Å². The van der Waals surface area contributed by atoms with Gasteiger partial charge in [-0.1, -0.05) is 12.1 Å². The van der Waals surface area contributed by atoms with E-state index in [-0.39, 0.29) is 4.90 Å². The monoisotopic (exact) mass is 254 g/mol. The highest BCUT2D eigenvalue weighted by Crippen LogP contribution is 2.27. The third-order valence-electron chi connectivity index (χ3n) is 2.56. The highest BCUT2D eigenvalue weighted by Gasteiger charge is 2.29. The van der Waals surface area contributed by atoms with E-state index in [1.54, 1.807) is 19.2 Å². The minimum atomic E-state index is -3.53. The molecule has 2 rings (SSSR count). The van der Waals surface area contributed by atoms with Crippen LogP contribution in [0.15, 0.2) is 27.5 Å². The van der Waals surface area contributed by atoms with Crippen molar-refractivity contribution in [1.82, 2.24) is 5.32 Å². The summed E-state index contributed by atoms with van der Waals surface area (Å²) in [4.78, 5) is 0.275. The van der Waals surface area contributed by atoms with Gasteiger partial charge in [0.05, 0.1) is 6.61 Å². The summed E-state index contributed by atoms with van der Waals surface area (Å²) >= 11 is 0. The average Bonchev–Trinajstić information content (AvgIpc) is 2.53. The lowest BCUT2D eigenvalue weighted by Crippen LogP contribution is -2.27. The maximum atomic E-state index is 11.8. The second-order valence-electron chi connectivity index (χ2n) is 3.78. The van der Waals surface area contributed by atoms with E-state index in [9.17, 15) is 8.42 Å². The number of aryl methyl sites for hydroxylation is 1. The summed E-state index contributed by atoms with van der Waals surface area (Å²) in [5, 5.41) is 2.98. The molecule has 0 saturated carbocycles. The molecule has 0 saturated heterocycles. The predicted octanol–water partition coefficient (Wildman–Crippen LogP) is 0.680. The zero-order valence-electron chi connectivity index (χ0n) is 9.73. The molecule has 0 atom stereocenters. The van der Waals surface area contributed by atoms with Crippen LogP contribution in [0.4, 0.5) is 0 Å². The Kier molecular flexibility index (Phi) is 3.17. The number of hydrogen-bond donors (Lipinski definition) is 1.